The first-order valence-electron chi connectivity index (χ1n) is 10.1. The van der Waals surface area contributed by atoms with Gasteiger partial charge in [-0.05, 0) is 67.1 Å². The third kappa shape index (κ3) is 4.91. The van der Waals surface area contributed by atoms with Crippen molar-refractivity contribution in [2.24, 2.45) is 5.10 Å². The van der Waals surface area contributed by atoms with Crippen LogP contribution in [0.3, 0.4) is 0 Å². The quantitative estimate of drug-likeness (QED) is 0.406. The third-order valence-electron chi connectivity index (χ3n) is 4.96. The number of carbonyl (C=O) groups excluding carboxylic acids is 1. The number of para-hydroxylation sites is 1. The Morgan fingerprint density at radius 2 is 1.76 bits per heavy atom. The smallest absolute Gasteiger partial charge is 0.276 e. The van der Waals surface area contributed by atoms with E-state index in [2.05, 4.69) is 15.2 Å². The molecule has 10 heteroatoms. The zero-order valence-corrected chi connectivity index (χ0v) is 19.0. The molecule has 0 saturated heterocycles. The number of aryl methyl sites for hydroxylation is 1. The minimum absolute atomic E-state index is 0.00695. The number of rotatable bonds is 6. The van der Waals surface area contributed by atoms with E-state index < -0.39 is 21.7 Å². The second-order valence-electron chi connectivity index (χ2n) is 7.30. The number of nitrogens with zero attached hydrogens (tertiary/aromatic N) is 1. The Hall–Kier alpha value is -4.18. The molecule has 4 aromatic rings. The molecule has 34 heavy (non-hydrogen) atoms. The number of anilines is 1. The van der Waals surface area contributed by atoms with Crippen LogP contribution in [0, 0.1) is 12.7 Å². The number of hydrogen-bond donors (Lipinski definition) is 2. The van der Waals surface area contributed by atoms with Gasteiger partial charge in [0.1, 0.15) is 22.7 Å². The van der Waals surface area contributed by atoms with Gasteiger partial charge in [0.15, 0.2) is 0 Å². The summed E-state index contributed by atoms with van der Waals surface area (Å²) in [4.78, 5) is 14.9. The van der Waals surface area contributed by atoms with Crippen LogP contribution in [0.5, 0.6) is 5.75 Å². The number of hydrogen-bond acceptors (Lipinski definition) is 6. The van der Waals surface area contributed by atoms with Gasteiger partial charge >= 0.3 is 0 Å². The van der Waals surface area contributed by atoms with Crippen molar-refractivity contribution in [3.8, 4) is 5.75 Å². The number of sulfonamides is 1. The first kappa shape index (κ1) is 23.0. The molecule has 1 amide bonds. The lowest BCUT2D eigenvalue weighted by Gasteiger charge is -2.08. The maximum Gasteiger partial charge on any atom is 0.276 e. The molecule has 8 nitrogen and oxygen atoms in total. The van der Waals surface area contributed by atoms with Crippen LogP contribution < -0.4 is 20.4 Å². The zero-order valence-electron chi connectivity index (χ0n) is 18.2. The molecule has 1 aromatic heterocycles. The molecule has 0 aliphatic heterocycles. The van der Waals surface area contributed by atoms with E-state index >= 15 is 0 Å². The standard InChI is InChI=1S/C24H20FN3O5S/c1-15-13-19(11-12-21(15)25)34(30,31)28-27-24-20(14-16-5-3-4-6-22(16)33-24)23(29)26-17-7-9-18(32-2)10-8-17/h3-14,28H,1-2H3,(H,26,29). The predicted molar refractivity (Wildman–Crippen MR) is 124 cm³/mol. The van der Waals surface area contributed by atoms with E-state index in [0.29, 0.717) is 22.4 Å². The van der Waals surface area contributed by atoms with E-state index in [1.807, 2.05) is 0 Å². The number of fused-ring (bicyclic) bond motifs is 1. The number of benzene rings is 3. The highest BCUT2D eigenvalue weighted by atomic mass is 32.2. The summed E-state index contributed by atoms with van der Waals surface area (Å²) in [5.41, 5.74) is 0.823. The van der Waals surface area contributed by atoms with E-state index in [1.165, 1.54) is 20.1 Å². The van der Waals surface area contributed by atoms with Crippen LogP contribution in [0.25, 0.3) is 11.0 Å². The van der Waals surface area contributed by atoms with Crippen LogP contribution in [-0.4, -0.2) is 21.4 Å². The van der Waals surface area contributed by atoms with E-state index in [0.717, 1.165) is 12.1 Å². The van der Waals surface area contributed by atoms with Gasteiger partial charge in [0.25, 0.3) is 15.9 Å². The van der Waals surface area contributed by atoms with Gasteiger partial charge in [-0.2, -0.15) is 13.2 Å². The van der Waals surface area contributed by atoms with Crippen LogP contribution in [0.15, 0.2) is 87.2 Å². The summed E-state index contributed by atoms with van der Waals surface area (Å²) in [7, 11) is -2.62. The van der Waals surface area contributed by atoms with Crippen LogP contribution in [0.1, 0.15) is 15.9 Å². The molecule has 2 N–H and O–H groups in total. The number of carbonyl (C=O) groups is 1. The van der Waals surface area contributed by atoms with Gasteiger partial charge in [-0.25, -0.2) is 4.39 Å². The van der Waals surface area contributed by atoms with E-state index in [-0.39, 0.29) is 21.6 Å². The molecule has 0 atom stereocenters. The Kier molecular flexibility index (Phi) is 6.33. The largest absolute Gasteiger partial charge is 0.497 e. The van der Waals surface area contributed by atoms with Crippen LogP contribution in [-0.2, 0) is 10.0 Å². The highest BCUT2D eigenvalue weighted by molar-refractivity contribution is 7.89. The third-order valence-corrected chi connectivity index (χ3v) is 6.16. The molecular weight excluding hydrogens is 461 g/mol. The average Bonchev–Trinajstić information content (AvgIpc) is 2.84. The number of halogens is 1. The highest BCUT2D eigenvalue weighted by Crippen LogP contribution is 2.18. The summed E-state index contributed by atoms with van der Waals surface area (Å²) in [5, 5.41) is 7.21. The molecule has 1 heterocycles. The Bertz CT molecular complexity index is 1550. The molecular formula is C24H20FN3O5S. The molecule has 0 bridgehead atoms. The van der Waals surface area contributed by atoms with E-state index in [9.17, 15) is 17.6 Å². The summed E-state index contributed by atoms with van der Waals surface area (Å²) < 4.78 is 49.8. The number of amides is 1. The van der Waals surface area contributed by atoms with Crippen LogP contribution in [0.4, 0.5) is 10.1 Å². The minimum atomic E-state index is -4.15. The Morgan fingerprint density at radius 3 is 2.47 bits per heavy atom. The van der Waals surface area contributed by atoms with Gasteiger partial charge in [0, 0.05) is 11.1 Å². The maximum atomic E-state index is 13.5. The summed E-state index contributed by atoms with van der Waals surface area (Å²) in [5.74, 6) is -0.465. The Morgan fingerprint density at radius 1 is 1.03 bits per heavy atom. The first-order valence-corrected chi connectivity index (χ1v) is 11.5. The van der Waals surface area contributed by atoms with Crippen LogP contribution in [0.2, 0.25) is 0 Å². The molecule has 4 rings (SSSR count). The number of methoxy groups -OCH3 is 1. The van der Waals surface area contributed by atoms with Gasteiger partial charge in [-0.3, -0.25) is 4.79 Å². The molecule has 0 aliphatic rings. The van der Waals surface area contributed by atoms with Crippen molar-refractivity contribution in [2.45, 2.75) is 11.8 Å². The van der Waals surface area contributed by atoms with E-state index in [4.69, 9.17) is 9.15 Å². The topological polar surface area (TPSA) is 110 Å². The molecule has 0 aliphatic carbocycles. The van der Waals surface area contributed by atoms with Gasteiger partial charge < -0.3 is 14.5 Å². The van der Waals surface area contributed by atoms with Gasteiger partial charge in [0.2, 0.25) is 5.55 Å². The van der Waals surface area contributed by atoms with Crippen molar-refractivity contribution in [3.05, 3.63) is 95.3 Å². The zero-order chi connectivity index (χ0) is 24.3. The van der Waals surface area contributed by atoms with Crippen molar-refractivity contribution in [1.29, 1.82) is 0 Å². The monoisotopic (exact) mass is 481 g/mol. The number of ether oxygens (including phenoxy) is 1. The summed E-state index contributed by atoms with van der Waals surface area (Å²) in [6.07, 6.45) is 0. The van der Waals surface area contributed by atoms with Crippen molar-refractivity contribution in [3.63, 3.8) is 0 Å². The normalized spacial score (nSPS) is 11.9. The lowest BCUT2D eigenvalue weighted by atomic mass is 10.1. The maximum absolute atomic E-state index is 13.5. The Labute approximate surface area is 194 Å². The van der Waals surface area contributed by atoms with Crippen molar-refractivity contribution in [2.75, 3.05) is 12.4 Å². The lowest BCUT2D eigenvalue weighted by Crippen LogP contribution is -2.27. The second kappa shape index (κ2) is 9.36. The fraction of sp³-hybridized carbons (Fsp3) is 0.0833. The van der Waals surface area contributed by atoms with Crippen molar-refractivity contribution < 1.29 is 26.8 Å². The molecule has 3 aromatic carbocycles. The SMILES string of the molecule is COc1ccc(NC(=O)c2cc3ccccc3oc2=NNS(=O)(=O)c2ccc(F)c(C)c2)cc1. The minimum Gasteiger partial charge on any atom is -0.497 e. The average molecular weight is 482 g/mol. The molecule has 174 valence electrons. The van der Waals surface area contributed by atoms with Gasteiger partial charge in [-0.1, -0.05) is 18.2 Å². The van der Waals surface area contributed by atoms with Crippen molar-refractivity contribution >= 4 is 32.6 Å². The van der Waals surface area contributed by atoms with Crippen LogP contribution >= 0.6 is 0 Å². The second-order valence-corrected chi connectivity index (χ2v) is 8.96. The Balaban J connectivity index is 1.73. The summed E-state index contributed by atoms with van der Waals surface area (Å²) >= 11 is 0. The molecule has 0 fully saturated rings. The summed E-state index contributed by atoms with van der Waals surface area (Å²) in [6, 6.07) is 18.5. The van der Waals surface area contributed by atoms with Gasteiger partial charge in [-0.15, -0.1) is 5.10 Å². The number of nitrogens with one attached hydrogen (secondary N) is 2. The summed E-state index contributed by atoms with van der Waals surface area (Å²) in [6.45, 7) is 1.45. The fourth-order valence-electron chi connectivity index (χ4n) is 3.13. The van der Waals surface area contributed by atoms with E-state index in [1.54, 1.807) is 54.6 Å². The molecule has 0 unspecified atom stereocenters. The molecule has 0 saturated carbocycles. The fourth-order valence-corrected chi connectivity index (χ4v) is 4.01. The lowest BCUT2D eigenvalue weighted by molar-refractivity contribution is 0.102. The molecule has 0 spiro atoms. The van der Waals surface area contributed by atoms with Gasteiger partial charge in [0.05, 0.1) is 12.0 Å². The predicted octanol–water partition coefficient (Wildman–Crippen LogP) is 3.94. The molecule has 0 radical (unpaired) electrons. The first-order chi connectivity index (χ1) is 16.3. The highest BCUT2D eigenvalue weighted by Gasteiger charge is 2.17. The van der Waals surface area contributed by atoms with Crippen molar-refractivity contribution in [1.82, 2.24) is 4.83 Å².